The topological polar surface area (TPSA) is 151 Å². The highest BCUT2D eigenvalue weighted by atomic mass is 16.4. The van der Waals surface area contributed by atoms with Crippen molar-refractivity contribution < 1.29 is 9.90 Å². The van der Waals surface area contributed by atoms with Crippen LogP contribution >= 0.6 is 0 Å². The summed E-state index contributed by atoms with van der Waals surface area (Å²) in [7, 11) is 0. The molecule has 0 spiro atoms. The number of carboxylic acid groups (broad SMARTS) is 1. The van der Waals surface area contributed by atoms with Gasteiger partial charge in [-0.3, -0.25) is 9.78 Å². The molecule has 2 rings (SSSR count). The third-order valence-corrected chi connectivity index (χ3v) is 2.16. The molecule has 2 heterocycles. The third kappa shape index (κ3) is 3.75. The Labute approximate surface area is 120 Å². The molecule has 0 amide bonds. The molecular weight excluding hydrogens is 276 g/mol. The van der Waals surface area contributed by atoms with E-state index in [1.165, 1.54) is 12.6 Å². The van der Waals surface area contributed by atoms with Crippen LogP contribution in [0, 0.1) is 5.41 Å². The summed E-state index contributed by atoms with van der Waals surface area (Å²) < 4.78 is 1.08. The summed E-state index contributed by atoms with van der Waals surface area (Å²) in [6.45, 7) is 4.25. The minimum absolute atomic E-state index is 0.0128. The molecule has 0 radical (unpaired) electrons. The second kappa shape index (κ2) is 6.98. The van der Waals surface area contributed by atoms with Crippen molar-refractivity contribution in [2.75, 3.05) is 5.73 Å². The van der Waals surface area contributed by atoms with Crippen LogP contribution in [0.5, 0.6) is 0 Å². The number of carbonyl (C=O) groups is 1. The monoisotopic (exact) mass is 292 g/mol. The van der Waals surface area contributed by atoms with Gasteiger partial charge in [0.25, 0.3) is 5.56 Å². The lowest BCUT2D eigenvalue weighted by molar-refractivity contribution is 0.0697. The van der Waals surface area contributed by atoms with Crippen molar-refractivity contribution in [2.45, 2.75) is 20.3 Å². The lowest BCUT2D eigenvalue weighted by atomic mass is 10.3. The molecule has 0 atom stereocenters. The maximum absolute atomic E-state index is 11.5. The standard InChI is InChI=1S/C9H8N6O3.C3H8/c10-1-5-6(11)7(16)14-9(13-5)15-3-4(2-12-15)8(17)18;1-3-2/h1-3,10H,11H2,(H,17,18)(H,13,14,16);3H2,1-2H3. The maximum Gasteiger partial charge on any atom is 0.338 e. The highest BCUT2D eigenvalue weighted by Crippen LogP contribution is 2.05. The van der Waals surface area contributed by atoms with Gasteiger partial charge in [-0.05, 0) is 0 Å². The number of aromatic carboxylic acids is 1. The Balaban J connectivity index is 0.000000677. The number of aromatic amines is 1. The van der Waals surface area contributed by atoms with E-state index in [4.69, 9.17) is 16.2 Å². The van der Waals surface area contributed by atoms with Crippen LogP contribution in [0.2, 0.25) is 0 Å². The fourth-order valence-electron chi connectivity index (χ4n) is 1.26. The number of H-pyrrole nitrogens is 1. The van der Waals surface area contributed by atoms with E-state index in [2.05, 4.69) is 28.9 Å². The van der Waals surface area contributed by atoms with E-state index in [0.29, 0.717) is 0 Å². The summed E-state index contributed by atoms with van der Waals surface area (Å²) in [6, 6.07) is 0. The number of nitrogens with two attached hydrogens (primary N) is 1. The summed E-state index contributed by atoms with van der Waals surface area (Å²) in [6.07, 6.45) is 4.38. The number of nitrogens with one attached hydrogen (secondary N) is 2. The first-order valence-corrected chi connectivity index (χ1v) is 6.13. The molecule has 9 heteroatoms. The van der Waals surface area contributed by atoms with Gasteiger partial charge in [-0.25, -0.2) is 14.5 Å². The number of anilines is 1. The number of rotatable bonds is 3. The Kier molecular flexibility index (Phi) is 5.35. The first-order valence-electron chi connectivity index (χ1n) is 6.13. The van der Waals surface area contributed by atoms with E-state index >= 15 is 0 Å². The molecule has 0 bridgehead atoms. The fraction of sp³-hybridized carbons (Fsp3) is 0.250. The molecular formula is C12H16N6O3. The molecule has 0 aliphatic carbocycles. The van der Waals surface area contributed by atoms with Gasteiger partial charge in [0.15, 0.2) is 0 Å². The zero-order valence-corrected chi connectivity index (χ0v) is 11.6. The molecule has 0 aliphatic heterocycles. The third-order valence-electron chi connectivity index (χ3n) is 2.16. The van der Waals surface area contributed by atoms with Crippen molar-refractivity contribution in [3.63, 3.8) is 0 Å². The Morgan fingerprint density at radius 1 is 1.57 bits per heavy atom. The Hall–Kier alpha value is -2.97. The normalized spacial score (nSPS) is 9.62. The van der Waals surface area contributed by atoms with Crippen molar-refractivity contribution in [1.29, 1.82) is 5.41 Å². The van der Waals surface area contributed by atoms with Crippen LogP contribution < -0.4 is 11.3 Å². The molecule has 0 aromatic carbocycles. The Morgan fingerprint density at radius 3 is 2.67 bits per heavy atom. The van der Waals surface area contributed by atoms with Gasteiger partial charge in [-0.1, -0.05) is 20.3 Å². The van der Waals surface area contributed by atoms with Gasteiger partial charge < -0.3 is 16.2 Å². The zero-order chi connectivity index (χ0) is 16.0. The first kappa shape index (κ1) is 16.1. The number of nitrogens with zero attached hydrogens (tertiary/aromatic N) is 3. The van der Waals surface area contributed by atoms with E-state index in [9.17, 15) is 9.59 Å². The van der Waals surface area contributed by atoms with Crippen molar-refractivity contribution >= 4 is 17.9 Å². The Morgan fingerprint density at radius 2 is 2.19 bits per heavy atom. The highest BCUT2D eigenvalue weighted by Gasteiger charge is 2.11. The summed E-state index contributed by atoms with van der Waals surface area (Å²) in [5.74, 6) is -1.16. The predicted molar refractivity (Wildman–Crippen MR) is 77.2 cm³/mol. The van der Waals surface area contributed by atoms with Gasteiger partial charge in [0.2, 0.25) is 5.95 Å². The fourth-order valence-corrected chi connectivity index (χ4v) is 1.26. The van der Waals surface area contributed by atoms with Crippen LogP contribution in [0.1, 0.15) is 36.3 Å². The Bertz CT molecular complexity index is 703. The van der Waals surface area contributed by atoms with Gasteiger partial charge in [0, 0.05) is 12.4 Å². The second-order valence-electron chi connectivity index (χ2n) is 4.02. The smallest absolute Gasteiger partial charge is 0.338 e. The summed E-state index contributed by atoms with van der Waals surface area (Å²) in [5, 5.41) is 19.6. The van der Waals surface area contributed by atoms with Gasteiger partial charge >= 0.3 is 5.97 Å². The lowest BCUT2D eigenvalue weighted by Crippen LogP contribution is -2.20. The van der Waals surface area contributed by atoms with Crippen molar-refractivity contribution in [2.24, 2.45) is 0 Å². The number of hydrogen-bond donors (Lipinski definition) is 4. The molecule has 2 aromatic rings. The van der Waals surface area contributed by atoms with Crippen molar-refractivity contribution in [1.82, 2.24) is 19.7 Å². The molecule has 21 heavy (non-hydrogen) atoms. The molecule has 0 saturated carbocycles. The van der Waals surface area contributed by atoms with Gasteiger partial charge in [-0.2, -0.15) is 5.10 Å². The van der Waals surface area contributed by atoms with Crippen LogP contribution in [-0.2, 0) is 0 Å². The van der Waals surface area contributed by atoms with Crippen LogP contribution in [0.15, 0.2) is 17.2 Å². The van der Waals surface area contributed by atoms with Gasteiger partial charge in [0.05, 0.1) is 11.8 Å². The average molecular weight is 292 g/mol. The van der Waals surface area contributed by atoms with Crippen LogP contribution in [0.3, 0.4) is 0 Å². The average Bonchev–Trinajstić information content (AvgIpc) is 2.92. The molecule has 2 aromatic heterocycles. The van der Waals surface area contributed by atoms with Crippen molar-refractivity contribution in [3.05, 3.63) is 34.0 Å². The quantitative estimate of drug-likeness (QED) is 0.610. The van der Waals surface area contributed by atoms with E-state index in [-0.39, 0.29) is 22.9 Å². The second-order valence-corrected chi connectivity index (χ2v) is 4.02. The molecule has 9 nitrogen and oxygen atoms in total. The van der Waals surface area contributed by atoms with E-state index < -0.39 is 11.5 Å². The maximum atomic E-state index is 11.5. The first-order chi connectivity index (χ1) is 9.94. The minimum atomic E-state index is -1.15. The number of carboxylic acids is 1. The summed E-state index contributed by atoms with van der Waals surface area (Å²) in [4.78, 5) is 28.3. The zero-order valence-electron chi connectivity index (χ0n) is 11.6. The summed E-state index contributed by atoms with van der Waals surface area (Å²) in [5.41, 5.74) is 4.55. The SMILES string of the molecule is CCC.N=Cc1nc(-n2cc(C(=O)O)cn2)[nH]c(=O)c1N. The predicted octanol–water partition coefficient (Wildman–Crippen LogP) is 0.650. The van der Waals surface area contributed by atoms with E-state index in [0.717, 1.165) is 17.1 Å². The minimum Gasteiger partial charge on any atom is -0.478 e. The molecule has 0 aliphatic rings. The summed E-state index contributed by atoms with van der Waals surface area (Å²) >= 11 is 0. The van der Waals surface area contributed by atoms with E-state index in [1.807, 2.05) is 0 Å². The van der Waals surface area contributed by atoms with Crippen LogP contribution in [0.4, 0.5) is 5.69 Å². The van der Waals surface area contributed by atoms with Gasteiger partial charge in [-0.15, -0.1) is 0 Å². The number of nitrogen functional groups attached to an aromatic ring is 1. The molecule has 112 valence electrons. The molecule has 0 saturated heterocycles. The van der Waals surface area contributed by atoms with Crippen LogP contribution in [-0.4, -0.2) is 37.0 Å². The van der Waals surface area contributed by atoms with Gasteiger partial charge in [0.1, 0.15) is 11.4 Å². The largest absolute Gasteiger partial charge is 0.478 e. The van der Waals surface area contributed by atoms with Crippen molar-refractivity contribution in [3.8, 4) is 5.95 Å². The number of aromatic nitrogens is 4. The van der Waals surface area contributed by atoms with E-state index in [1.54, 1.807) is 0 Å². The molecule has 0 unspecified atom stereocenters. The lowest BCUT2D eigenvalue weighted by Gasteiger charge is -2.02. The van der Waals surface area contributed by atoms with Crippen LogP contribution in [0.25, 0.3) is 5.95 Å². The molecule has 0 fully saturated rings. The number of hydrogen-bond acceptors (Lipinski definition) is 6. The molecule has 5 N–H and O–H groups in total. The highest BCUT2D eigenvalue weighted by molar-refractivity contribution is 5.87.